The van der Waals surface area contributed by atoms with Gasteiger partial charge >= 0.3 is 0 Å². The van der Waals surface area contributed by atoms with Crippen molar-refractivity contribution < 1.29 is 0 Å². The highest BCUT2D eigenvalue weighted by atomic mass is 14.2. The predicted molar refractivity (Wildman–Crippen MR) is 37.3 cm³/mol. The van der Waals surface area contributed by atoms with Crippen molar-refractivity contribution in [2.45, 2.75) is 39.0 Å². The average molecular weight is 115 g/mol. The molecule has 0 aromatic heterocycles. The second kappa shape index (κ2) is 3.90. The van der Waals surface area contributed by atoms with E-state index in [2.05, 4.69) is 6.92 Å². The van der Waals surface area contributed by atoms with E-state index in [1.54, 1.807) is 0 Å². The molecule has 0 bridgehead atoms. The first-order chi connectivity index (χ1) is 3.43. The lowest BCUT2D eigenvalue weighted by Gasteiger charge is -1.88. The van der Waals surface area contributed by atoms with Crippen LogP contribution in [0.25, 0.3) is 0 Å². The van der Waals surface area contributed by atoms with Gasteiger partial charge in [0.05, 0.1) is 0 Å². The van der Waals surface area contributed by atoms with Crippen molar-refractivity contribution >= 4 is 0 Å². The minimum absolute atomic E-state index is 0. The zero-order valence-electron chi connectivity index (χ0n) is 5.82. The molecule has 0 radical (unpaired) electrons. The molecule has 1 heteroatoms. The van der Waals surface area contributed by atoms with E-state index in [9.17, 15) is 0 Å². The maximum Gasteiger partial charge on any atom is -0.0414 e. The lowest BCUT2D eigenvalue weighted by Crippen LogP contribution is -1.72. The van der Waals surface area contributed by atoms with E-state index in [-0.39, 0.29) is 6.15 Å². The van der Waals surface area contributed by atoms with Gasteiger partial charge in [0.15, 0.2) is 0 Å². The zero-order valence-corrected chi connectivity index (χ0v) is 5.82. The Labute approximate surface area is 52.1 Å². The molecular weight excluding hydrogens is 98.1 g/mol. The molecule has 0 saturated heterocycles. The van der Waals surface area contributed by atoms with Crippen molar-refractivity contribution in [1.82, 2.24) is 6.15 Å². The minimum Gasteiger partial charge on any atom is -0.344 e. The van der Waals surface area contributed by atoms with Crippen LogP contribution in [-0.4, -0.2) is 0 Å². The Balaban J connectivity index is 0.000000490. The molecule has 1 aliphatic rings. The van der Waals surface area contributed by atoms with Gasteiger partial charge in [-0.3, -0.25) is 0 Å². The summed E-state index contributed by atoms with van der Waals surface area (Å²) in [6.45, 7) is 2.27. The molecule has 1 rings (SSSR count). The third-order valence-electron chi connectivity index (χ3n) is 1.66. The third kappa shape index (κ3) is 3.03. The Morgan fingerprint density at radius 2 is 2.00 bits per heavy atom. The summed E-state index contributed by atoms with van der Waals surface area (Å²) in [4.78, 5) is 0. The van der Waals surface area contributed by atoms with Crippen molar-refractivity contribution in [3.05, 3.63) is 0 Å². The molecule has 3 N–H and O–H groups in total. The van der Waals surface area contributed by atoms with Crippen LogP contribution in [0.3, 0.4) is 0 Å². The Morgan fingerprint density at radius 1 is 1.38 bits per heavy atom. The van der Waals surface area contributed by atoms with Gasteiger partial charge in [0.1, 0.15) is 0 Å². The van der Waals surface area contributed by atoms with Gasteiger partial charge in [-0.15, -0.1) is 0 Å². The molecule has 0 amide bonds. The highest BCUT2D eigenvalue weighted by Crippen LogP contribution is 2.33. The second-order valence-corrected chi connectivity index (χ2v) is 2.59. The summed E-state index contributed by atoms with van der Waals surface area (Å²) in [5.74, 6) is 1.15. The molecular formula is C7H17N. The monoisotopic (exact) mass is 115 g/mol. The van der Waals surface area contributed by atoms with Crippen molar-refractivity contribution in [2.75, 3.05) is 0 Å². The molecule has 50 valence electrons. The van der Waals surface area contributed by atoms with Gasteiger partial charge in [-0.2, -0.15) is 0 Å². The molecule has 0 aromatic carbocycles. The van der Waals surface area contributed by atoms with Gasteiger partial charge in [0.2, 0.25) is 0 Å². The maximum absolute atomic E-state index is 2.27. The Bertz CT molecular complexity index is 48.3. The molecule has 0 heterocycles. The first-order valence-electron chi connectivity index (χ1n) is 3.43. The topological polar surface area (TPSA) is 35.0 Å². The molecule has 1 aliphatic carbocycles. The molecule has 0 spiro atoms. The summed E-state index contributed by atoms with van der Waals surface area (Å²) in [7, 11) is 0. The summed E-state index contributed by atoms with van der Waals surface area (Å²) < 4.78 is 0. The molecule has 1 nitrogen and oxygen atoms in total. The predicted octanol–water partition coefficient (Wildman–Crippen LogP) is 2.75. The molecule has 1 saturated carbocycles. The lowest BCUT2D eigenvalue weighted by molar-refractivity contribution is 0.654. The van der Waals surface area contributed by atoms with Crippen LogP contribution in [0, 0.1) is 5.92 Å². The van der Waals surface area contributed by atoms with Crippen molar-refractivity contribution in [2.24, 2.45) is 5.92 Å². The molecule has 8 heavy (non-hydrogen) atoms. The number of unbranched alkanes of at least 4 members (excludes halogenated alkanes) is 1. The highest BCUT2D eigenvalue weighted by Gasteiger charge is 2.19. The molecule has 0 unspecified atom stereocenters. The van der Waals surface area contributed by atoms with Crippen LogP contribution in [0.15, 0.2) is 0 Å². The van der Waals surface area contributed by atoms with Crippen LogP contribution in [0.4, 0.5) is 0 Å². The number of rotatable bonds is 3. The van der Waals surface area contributed by atoms with Crippen LogP contribution >= 0.6 is 0 Å². The van der Waals surface area contributed by atoms with Gasteiger partial charge < -0.3 is 6.15 Å². The van der Waals surface area contributed by atoms with Crippen LogP contribution in [0.5, 0.6) is 0 Å². The fraction of sp³-hybridized carbons (Fsp3) is 1.00. The highest BCUT2D eigenvalue weighted by molar-refractivity contribution is 4.71. The minimum atomic E-state index is 0. The van der Waals surface area contributed by atoms with E-state index < -0.39 is 0 Å². The van der Waals surface area contributed by atoms with E-state index in [1.807, 2.05) is 0 Å². The molecule has 0 atom stereocenters. The summed E-state index contributed by atoms with van der Waals surface area (Å²) in [5, 5.41) is 0. The van der Waals surface area contributed by atoms with Crippen molar-refractivity contribution in [3.8, 4) is 0 Å². The Kier molecular flexibility index (Phi) is 3.88. The summed E-state index contributed by atoms with van der Waals surface area (Å²) >= 11 is 0. The Hall–Kier alpha value is -0.0400. The van der Waals surface area contributed by atoms with Gasteiger partial charge in [-0.05, 0) is 5.92 Å². The van der Waals surface area contributed by atoms with Gasteiger partial charge in [-0.1, -0.05) is 39.0 Å². The van der Waals surface area contributed by atoms with Gasteiger partial charge in [0, 0.05) is 0 Å². The fourth-order valence-corrected chi connectivity index (χ4v) is 0.899. The number of hydrogen-bond donors (Lipinski definition) is 1. The fourth-order valence-electron chi connectivity index (χ4n) is 0.899. The molecule has 0 aliphatic heterocycles. The van der Waals surface area contributed by atoms with E-state index in [1.165, 1.54) is 32.1 Å². The summed E-state index contributed by atoms with van der Waals surface area (Å²) in [6.07, 6.45) is 7.41. The maximum atomic E-state index is 2.27. The van der Waals surface area contributed by atoms with E-state index in [0.29, 0.717) is 0 Å². The smallest absolute Gasteiger partial charge is 0.0414 e. The summed E-state index contributed by atoms with van der Waals surface area (Å²) in [5.41, 5.74) is 0. The Morgan fingerprint density at radius 3 is 2.38 bits per heavy atom. The normalized spacial score (nSPS) is 17.6. The van der Waals surface area contributed by atoms with E-state index in [4.69, 9.17) is 0 Å². The van der Waals surface area contributed by atoms with E-state index in [0.717, 1.165) is 5.92 Å². The molecule has 0 aromatic rings. The standard InChI is InChI=1S/C7H14.H3N/c1-2-3-4-7-5-6-7;/h7H,2-6H2,1H3;1H3. The van der Waals surface area contributed by atoms with E-state index >= 15 is 0 Å². The van der Waals surface area contributed by atoms with Crippen LogP contribution in [0.2, 0.25) is 0 Å². The van der Waals surface area contributed by atoms with Crippen LogP contribution < -0.4 is 6.15 Å². The number of hydrogen-bond acceptors (Lipinski definition) is 1. The van der Waals surface area contributed by atoms with Crippen molar-refractivity contribution in [3.63, 3.8) is 0 Å². The van der Waals surface area contributed by atoms with Gasteiger partial charge in [-0.25, -0.2) is 0 Å². The first kappa shape index (κ1) is 7.96. The quantitative estimate of drug-likeness (QED) is 0.603. The van der Waals surface area contributed by atoms with Crippen molar-refractivity contribution in [1.29, 1.82) is 0 Å². The lowest BCUT2D eigenvalue weighted by atomic mass is 10.2. The largest absolute Gasteiger partial charge is 0.344 e. The molecule has 1 fully saturated rings. The second-order valence-electron chi connectivity index (χ2n) is 2.59. The third-order valence-corrected chi connectivity index (χ3v) is 1.66. The van der Waals surface area contributed by atoms with Gasteiger partial charge in [0.25, 0.3) is 0 Å². The zero-order chi connectivity index (χ0) is 5.11. The van der Waals surface area contributed by atoms with Crippen LogP contribution in [-0.2, 0) is 0 Å². The average Bonchev–Trinajstić information content (AvgIpc) is 2.42. The van der Waals surface area contributed by atoms with Crippen LogP contribution in [0.1, 0.15) is 39.0 Å². The first-order valence-corrected chi connectivity index (χ1v) is 3.43. The summed E-state index contributed by atoms with van der Waals surface area (Å²) in [6, 6.07) is 0. The SMILES string of the molecule is CCCCC1CC1.N.